The van der Waals surface area contributed by atoms with Crippen LogP contribution >= 0.6 is 0 Å². The molecular weight excluding hydrogens is 356 g/mol. The lowest BCUT2D eigenvalue weighted by Crippen LogP contribution is -2.41. The lowest BCUT2D eigenvalue weighted by Gasteiger charge is -2.36. The molecule has 3 rings (SSSR count). The number of nitrogens with one attached hydrogen (secondary N) is 1. The number of pyridine rings is 1. The van der Waals surface area contributed by atoms with Crippen LogP contribution in [0.3, 0.4) is 0 Å². The Balaban J connectivity index is 1.77. The Kier molecular flexibility index (Phi) is 5.67. The largest absolute Gasteiger partial charge is 0.478 e. The first-order chi connectivity index (χ1) is 12.3. The van der Waals surface area contributed by atoms with Gasteiger partial charge in [-0.15, -0.1) is 0 Å². The zero-order valence-corrected chi connectivity index (χ0v) is 15.8. The lowest BCUT2D eigenvalue weighted by atomic mass is 9.97. The second kappa shape index (κ2) is 7.79. The summed E-state index contributed by atoms with van der Waals surface area (Å²) in [5.41, 5.74) is 0.194. The van der Waals surface area contributed by atoms with Crippen molar-refractivity contribution in [2.24, 2.45) is 5.92 Å². The van der Waals surface area contributed by atoms with Crippen molar-refractivity contribution in [2.75, 3.05) is 48.6 Å². The fourth-order valence-electron chi connectivity index (χ4n) is 3.87. The number of nitrogens with zero attached hydrogens (tertiary/aromatic N) is 3. The molecule has 2 N–H and O–H groups in total. The van der Waals surface area contributed by atoms with Crippen molar-refractivity contribution in [2.45, 2.75) is 25.7 Å². The number of aromatic carboxylic acids is 1. The average Bonchev–Trinajstić information content (AvgIpc) is 3.06. The van der Waals surface area contributed by atoms with E-state index in [1.165, 1.54) is 25.1 Å². The summed E-state index contributed by atoms with van der Waals surface area (Å²) < 4.78 is 25.0. The Morgan fingerprint density at radius 1 is 1.31 bits per heavy atom. The van der Waals surface area contributed by atoms with Crippen molar-refractivity contribution in [3.05, 3.63) is 17.8 Å². The first-order valence-corrected chi connectivity index (χ1v) is 10.9. The van der Waals surface area contributed by atoms with E-state index >= 15 is 0 Å². The molecule has 2 aliphatic heterocycles. The Labute approximate surface area is 154 Å². The number of carbonyl (C=O) groups is 1. The van der Waals surface area contributed by atoms with Gasteiger partial charge in [-0.1, -0.05) is 0 Å². The zero-order chi connectivity index (χ0) is 18.7. The van der Waals surface area contributed by atoms with Gasteiger partial charge in [-0.2, -0.15) is 0 Å². The van der Waals surface area contributed by atoms with Crippen molar-refractivity contribution >= 4 is 27.5 Å². The van der Waals surface area contributed by atoms with E-state index in [4.69, 9.17) is 0 Å². The lowest BCUT2D eigenvalue weighted by molar-refractivity contribution is 0.0697. The molecule has 0 unspecified atom stereocenters. The monoisotopic (exact) mass is 382 g/mol. The van der Waals surface area contributed by atoms with Crippen molar-refractivity contribution in [1.82, 2.24) is 9.88 Å². The van der Waals surface area contributed by atoms with Crippen LogP contribution in [-0.2, 0) is 10.0 Å². The van der Waals surface area contributed by atoms with Gasteiger partial charge in [0.25, 0.3) is 0 Å². The topological polar surface area (TPSA) is 103 Å². The number of hydrogen-bond acceptors (Lipinski definition) is 6. The number of carboxylic acid groups (broad SMARTS) is 1. The van der Waals surface area contributed by atoms with Gasteiger partial charge in [-0.3, -0.25) is 4.72 Å². The Hall–Kier alpha value is -1.87. The van der Waals surface area contributed by atoms with Crippen LogP contribution in [0.15, 0.2) is 12.3 Å². The fourth-order valence-corrected chi connectivity index (χ4v) is 4.41. The molecule has 0 saturated carbocycles. The minimum Gasteiger partial charge on any atom is -0.478 e. The number of likely N-dealkylation sites (tertiary alicyclic amines) is 1. The van der Waals surface area contributed by atoms with Crippen LogP contribution in [-0.4, -0.2) is 68.4 Å². The first kappa shape index (κ1) is 18.9. The second-order valence-corrected chi connectivity index (χ2v) is 8.98. The molecule has 0 aliphatic carbocycles. The Morgan fingerprint density at radius 2 is 2.04 bits per heavy atom. The van der Waals surface area contributed by atoms with E-state index in [9.17, 15) is 18.3 Å². The summed E-state index contributed by atoms with van der Waals surface area (Å²) in [7, 11) is -3.48. The highest BCUT2D eigenvalue weighted by molar-refractivity contribution is 7.92. The molecule has 8 nitrogen and oxygen atoms in total. The number of rotatable bonds is 6. The normalized spacial score (nSPS) is 21.7. The third kappa shape index (κ3) is 4.85. The fraction of sp³-hybridized carbons (Fsp3) is 0.647. The molecule has 9 heteroatoms. The Bertz CT molecular complexity index is 762. The van der Waals surface area contributed by atoms with E-state index < -0.39 is 16.0 Å². The molecule has 0 radical (unpaired) electrons. The van der Waals surface area contributed by atoms with E-state index in [-0.39, 0.29) is 11.3 Å². The minimum atomic E-state index is -3.48. The first-order valence-electron chi connectivity index (χ1n) is 9.00. The minimum absolute atomic E-state index is 0.0282. The average molecular weight is 382 g/mol. The van der Waals surface area contributed by atoms with E-state index in [2.05, 4.69) is 14.6 Å². The maximum Gasteiger partial charge on any atom is 0.339 e. The van der Waals surface area contributed by atoms with E-state index in [0.29, 0.717) is 11.7 Å². The standard InChI is InChI=1S/C17H26N4O4S/c1-26(24,25)19-14-9-15(17(22)23)16(18-10-14)21-8-4-5-13(12-21)11-20-6-2-3-7-20/h9-10,13,19H,2-8,11-12H2,1H3,(H,22,23)/t13-/m1/s1. The molecule has 3 heterocycles. The molecule has 144 valence electrons. The number of carboxylic acids is 1. The van der Waals surface area contributed by atoms with Gasteiger partial charge in [-0.25, -0.2) is 18.2 Å². The molecule has 1 aromatic rings. The van der Waals surface area contributed by atoms with Gasteiger partial charge in [0.15, 0.2) is 0 Å². The summed E-state index contributed by atoms with van der Waals surface area (Å²) in [6.45, 7) is 4.90. The maximum atomic E-state index is 11.7. The highest BCUT2D eigenvalue weighted by Gasteiger charge is 2.27. The maximum absolute atomic E-state index is 11.7. The van der Waals surface area contributed by atoms with Crippen LogP contribution in [0.5, 0.6) is 0 Å². The molecule has 2 aliphatic rings. The van der Waals surface area contributed by atoms with E-state index in [0.717, 1.165) is 51.8 Å². The molecule has 0 bridgehead atoms. The van der Waals surface area contributed by atoms with Crippen molar-refractivity contribution in [1.29, 1.82) is 0 Å². The van der Waals surface area contributed by atoms with Crippen LogP contribution in [0.4, 0.5) is 11.5 Å². The number of aromatic nitrogens is 1. The molecule has 0 amide bonds. The van der Waals surface area contributed by atoms with Gasteiger partial charge in [0.1, 0.15) is 11.4 Å². The number of piperidine rings is 1. The zero-order valence-electron chi connectivity index (χ0n) is 15.0. The number of sulfonamides is 1. The van der Waals surface area contributed by atoms with E-state index in [1.54, 1.807) is 0 Å². The SMILES string of the molecule is CS(=O)(=O)Nc1cnc(N2CCC[C@H](CN3CCCC3)C2)c(C(=O)O)c1. The van der Waals surface area contributed by atoms with Crippen LogP contribution < -0.4 is 9.62 Å². The smallest absolute Gasteiger partial charge is 0.339 e. The third-order valence-corrected chi connectivity index (χ3v) is 5.54. The summed E-state index contributed by atoms with van der Waals surface area (Å²) in [5, 5.41) is 9.56. The summed E-state index contributed by atoms with van der Waals surface area (Å²) in [6.07, 6.45) is 7.07. The summed E-state index contributed by atoms with van der Waals surface area (Å²) in [6, 6.07) is 1.34. The van der Waals surface area contributed by atoms with E-state index in [1.807, 2.05) is 4.90 Å². The molecule has 1 aromatic heterocycles. The van der Waals surface area contributed by atoms with Gasteiger partial charge in [0.2, 0.25) is 10.0 Å². The van der Waals surface area contributed by atoms with Crippen molar-refractivity contribution < 1.29 is 18.3 Å². The van der Waals surface area contributed by atoms with Gasteiger partial charge >= 0.3 is 5.97 Å². The summed E-state index contributed by atoms with van der Waals surface area (Å²) in [5.74, 6) is -0.187. The summed E-state index contributed by atoms with van der Waals surface area (Å²) in [4.78, 5) is 20.5. The number of hydrogen-bond donors (Lipinski definition) is 2. The predicted molar refractivity (Wildman–Crippen MR) is 100 cm³/mol. The van der Waals surface area contributed by atoms with Crippen LogP contribution in [0.2, 0.25) is 0 Å². The number of anilines is 2. The van der Waals surface area contributed by atoms with Gasteiger partial charge in [-0.05, 0) is 50.8 Å². The van der Waals surface area contributed by atoms with Crippen LogP contribution in [0, 0.1) is 5.92 Å². The molecule has 2 saturated heterocycles. The van der Waals surface area contributed by atoms with Crippen LogP contribution in [0.25, 0.3) is 0 Å². The van der Waals surface area contributed by atoms with Gasteiger partial charge in [0, 0.05) is 19.6 Å². The third-order valence-electron chi connectivity index (χ3n) is 4.93. The molecule has 1 atom stereocenters. The molecule has 2 fully saturated rings. The highest BCUT2D eigenvalue weighted by Crippen LogP contribution is 2.27. The van der Waals surface area contributed by atoms with Crippen molar-refractivity contribution in [3.8, 4) is 0 Å². The van der Waals surface area contributed by atoms with Crippen molar-refractivity contribution in [3.63, 3.8) is 0 Å². The Morgan fingerprint density at radius 3 is 2.69 bits per heavy atom. The molecule has 0 spiro atoms. The molecular formula is C17H26N4O4S. The summed E-state index contributed by atoms with van der Waals surface area (Å²) >= 11 is 0. The second-order valence-electron chi connectivity index (χ2n) is 7.24. The predicted octanol–water partition coefficient (Wildman–Crippen LogP) is 1.46. The molecule has 0 aromatic carbocycles. The van der Waals surface area contributed by atoms with Gasteiger partial charge in [0.05, 0.1) is 18.1 Å². The van der Waals surface area contributed by atoms with Gasteiger partial charge < -0.3 is 14.9 Å². The quantitative estimate of drug-likeness (QED) is 0.768. The highest BCUT2D eigenvalue weighted by atomic mass is 32.2. The van der Waals surface area contributed by atoms with Crippen LogP contribution in [0.1, 0.15) is 36.0 Å². The molecule has 26 heavy (non-hydrogen) atoms.